The van der Waals surface area contributed by atoms with E-state index >= 15 is 0 Å². The molecular weight excluding hydrogens is 493 g/mol. The topological polar surface area (TPSA) is 230 Å². The Kier molecular flexibility index (Phi) is 74.1. The summed E-state index contributed by atoms with van der Waals surface area (Å²) in [4.78, 5) is 25.6. The van der Waals surface area contributed by atoms with Gasteiger partial charge in [0, 0.05) is 10.4 Å². The first-order chi connectivity index (χ1) is 10.4. The summed E-state index contributed by atoms with van der Waals surface area (Å²) >= 11 is 1.41. The SMILES string of the molecule is CCCCCCCCCCC[CH2][Na].O.O.O=P([O-])([O-])[O-].O=S(=O)([O-])[O-].[Ca+2].[Ca+2].[Na+]. The molecule has 0 heterocycles. The van der Waals surface area contributed by atoms with Gasteiger partial charge in [0.15, 0.2) is 0 Å². The number of rotatable bonds is 10. The summed E-state index contributed by atoms with van der Waals surface area (Å²) in [7, 11) is -10.6. The third-order valence-electron chi connectivity index (χ3n) is 2.71. The fourth-order valence-electron chi connectivity index (χ4n) is 1.74. The Labute approximate surface area is 268 Å². The van der Waals surface area contributed by atoms with Crippen molar-refractivity contribution in [3.8, 4) is 0 Å². The van der Waals surface area contributed by atoms with E-state index in [0.717, 1.165) is 0 Å². The summed E-state index contributed by atoms with van der Waals surface area (Å²) in [6.07, 6.45) is 14.7. The van der Waals surface area contributed by atoms with Crippen molar-refractivity contribution in [2.75, 3.05) is 0 Å². The standard InChI is InChI=1S/C12H25.2Ca.2Na.H3O4P.H2O4S.2H2O/c1-3-5-7-9-11-12-10-8-6-4-2;;;;;2*1-5(2,3)4;;/h1,3-12H2,2H3;;;;;(H3,1,2,3,4);(H2,1,2,3,4);2*1H2/q;2*+2;;+1;;;;/p-5. The molecule has 0 radical (unpaired) electrons. The molecule has 0 unspecified atom stereocenters. The molecule has 0 fully saturated rings. The van der Waals surface area contributed by atoms with Gasteiger partial charge in [-0.05, 0) is 0 Å². The zero-order chi connectivity index (χ0) is 18.8. The molecule has 0 aliphatic heterocycles. The van der Waals surface area contributed by atoms with E-state index in [1.807, 2.05) is 0 Å². The molecule has 0 aromatic heterocycles. The number of hydrogen-bond donors (Lipinski definition) is 0. The number of unbranched alkanes of at least 4 members (excludes halogenated alkanes) is 9. The molecule has 0 atom stereocenters. The van der Waals surface area contributed by atoms with Gasteiger partial charge in [0.25, 0.3) is 0 Å². The van der Waals surface area contributed by atoms with Gasteiger partial charge in [-0.3, -0.25) is 8.42 Å². The minimum absolute atomic E-state index is 0. The van der Waals surface area contributed by atoms with Gasteiger partial charge in [0.05, 0.1) is 0 Å². The Morgan fingerprint density at radius 1 is 0.750 bits per heavy atom. The third-order valence-corrected chi connectivity index (χ3v) is 3.41. The van der Waals surface area contributed by atoms with E-state index in [0.29, 0.717) is 0 Å². The second-order valence-electron chi connectivity index (χ2n) is 5.04. The summed E-state index contributed by atoms with van der Waals surface area (Å²) in [6.45, 7) is 2.29. The molecule has 10 nitrogen and oxygen atoms in total. The zero-order valence-corrected chi connectivity index (χ0v) is 27.4. The van der Waals surface area contributed by atoms with Crippen LogP contribution in [0.4, 0.5) is 0 Å². The maximum Gasteiger partial charge on any atom is 2.00 e. The average Bonchev–Trinajstić information content (AvgIpc) is 2.33. The van der Waals surface area contributed by atoms with Gasteiger partial charge in [-0.1, -0.05) is 0 Å². The maximum absolute atomic E-state index is 8.55. The van der Waals surface area contributed by atoms with E-state index in [-0.39, 0.29) is 116 Å². The van der Waals surface area contributed by atoms with Crippen molar-refractivity contribution in [2.24, 2.45) is 0 Å². The van der Waals surface area contributed by atoms with Gasteiger partial charge in [0.2, 0.25) is 0 Å². The summed E-state index contributed by atoms with van der Waals surface area (Å²) in [5.74, 6) is 0. The van der Waals surface area contributed by atoms with E-state index in [4.69, 9.17) is 36.8 Å². The molecule has 0 saturated carbocycles. The van der Waals surface area contributed by atoms with E-state index in [2.05, 4.69) is 6.92 Å². The molecule has 154 valence electrons. The Hall–Kier alpha value is 4.42. The first-order valence-corrected chi connectivity index (χ1v) is 12.0. The summed E-state index contributed by atoms with van der Waals surface area (Å²) < 4.78 is 44.1. The van der Waals surface area contributed by atoms with E-state index < -0.39 is 18.2 Å². The molecule has 0 aromatic carbocycles. The Balaban J connectivity index is -0.0000000383. The first kappa shape index (κ1) is 53.7. The minimum Gasteiger partial charge on any atom is -0.822 e. The maximum atomic E-state index is 8.55. The van der Waals surface area contributed by atoms with E-state index in [1.165, 1.54) is 95.8 Å². The molecule has 4 N–H and O–H groups in total. The van der Waals surface area contributed by atoms with E-state index in [1.54, 1.807) is 0 Å². The second kappa shape index (κ2) is 38.7. The smallest absolute Gasteiger partial charge is 0.822 e. The van der Waals surface area contributed by atoms with E-state index in [9.17, 15) is 0 Å². The van der Waals surface area contributed by atoms with Crippen molar-refractivity contribution >= 4 is 122 Å². The first-order valence-electron chi connectivity index (χ1n) is 7.81. The van der Waals surface area contributed by atoms with Crippen molar-refractivity contribution in [3.63, 3.8) is 0 Å². The number of phosphoric acid groups is 1. The van der Waals surface area contributed by atoms with Crippen LogP contribution in [0.15, 0.2) is 0 Å². The fourth-order valence-corrected chi connectivity index (χ4v) is 2.24. The molecule has 28 heavy (non-hydrogen) atoms. The van der Waals surface area contributed by atoms with Gasteiger partial charge in [0.1, 0.15) is 0 Å². The van der Waals surface area contributed by atoms with Crippen LogP contribution >= 0.6 is 7.82 Å². The largest absolute Gasteiger partial charge is 2.00 e. The number of hydrogen-bond acceptors (Lipinski definition) is 8. The van der Waals surface area contributed by atoms with Gasteiger partial charge < -0.3 is 39.3 Å². The molecule has 16 heteroatoms. The summed E-state index contributed by atoms with van der Waals surface area (Å²) in [5, 5.41) is 0. The molecule has 0 aromatic rings. The van der Waals surface area contributed by atoms with Crippen LogP contribution in [0.5, 0.6) is 0 Å². The van der Waals surface area contributed by atoms with Crippen molar-refractivity contribution in [1.29, 1.82) is 0 Å². The quantitative estimate of drug-likeness (QED) is 0.0883. The minimum atomic E-state index is -5.39. The molecule has 0 spiro atoms. The monoisotopic (exact) mass is 522 g/mol. The van der Waals surface area contributed by atoms with Crippen LogP contribution in [-0.2, 0) is 15.0 Å². The van der Waals surface area contributed by atoms with Crippen LogP contribution in [0.3, 0.4) is 0 Å². The van der Waals surface area contributed by atoms with Gasteiger partial charge in [-0.2, -0.15) is 7.82 Å². The average molecular weight is 523 g/mol. The Morgan fingerprint density at radius 2 is 0.929 bits per heavy atom. The Morgan fingerprint density at radius 3 is 1.11 bits per heavy atom. The Bertz CT molecular complexity index is 362. The van der Waals surface area contributed by atoms with Crippen molar-refractivity contribution < 1.29 is 77.3 Å². The fraction of sp³-hybridized carbons (Fsp3) is 1.00. The van der Waals surface area contributed by atoms with Crippen LogP contribution in [0.1, 0.15) is 71.1 Å². The third kappa shape index (κ3) is 127. The van der Waals surface area contributed by atoms with Crippen molar-refractivity contribution in [1.82, 2.24) is 0 Å². The second-order valence-corrected chi connectivity index (χ2v) is 7.75. The van der Waals surface area contributed by atoms with Crippen molar-refractivity contribution in [2.45, 2.75) is 74.8 Å². The zero-order valence-electron chi connectivity index (χ0n) is 17.3. The van der Waals surface area contributed by atoms with Crippen LogP contribution < -0.4 is 44.2 Å². The molecule has 0 bridgehead atoms. The van der Waals surface area contributed by atoms with Crippen molar-refractivity contribution in [3.05, 3.63) is 0 Å². The van der Waals surface area contributed by atoms with Gasteiger partial charge in [-0.25, -0.2) is 0 Å². The predicted octanol–water partition coefficient (Wildman–Crippen LogP) is -5.08. The summed E-state index contributed by atoms with van der Waals surface area (Å²) in [6, 6.07) is 0. The molecule has 0 saturated heterocycles. The van der Waals surface area contributed by atoms with Gasteiger partial charge in [-0.15, -0.1) is 0 Å². The van der Waals surface area contributed by atoms with Crippen LogP contribution in [0, 0.1) is 0 Å². The molecule has 0 amide bonds. The predicted molar refractivity (Wildman–Crippen MR) is 99.2 cm³/mol. The van der Waals surface area contributed by atoms with Crippen LogP contribution in [-0.4, -0.2) is 132 Å². The molecule has 0 aliphatic carbocycles. The van der Waals surface area contributed by atoms with Gasteiger partial charge >= 0.3 is 208 Å². The molecule has 0 rings (SSSR count). The van der Waals surface area contributed by atoms with Crippen LogP contribution in [0.2, 0.25) is 3.67 Å². The van der Waals surface area contributed by atoms with Crippen LogP contribution in [0.25, 0.3) is 0 Å². The molecule has 0 aliphatic rings. The normalized spacial score (nSPS) is 9.14. The molecular formula is C12H29Ca2Na2O10PS. The summed E-state index contributed by atoms with van der Waals surface area (Å²) in [5.41, 5.74) is 0.